The molecule has 0 aliphatic rings. The van der Waals surface area contributed by atoms with Crippen LogP contribution in [0.1, 0.15) is 18.9 Å². The predicted octanol–water partition coefficient (Wildman–Crippen LogP) is 4.96. The monoisotopic (exact) mass is 318 g/mol. The lowest BCUT2D eigenvalue weighted by atomic mass is 10.2. The van der Waals surface area contributed by atoms with E-state index in [1.54, 1.807) is 0 Å². The zero-order valence-corrected chi connectivity index (χ0v) is 13.9. The first-order chi connectivity index (χ1) is 10.7. The second kappa shape index (κ2) is 8.54. The van der Waals surface area contributed by atoms with Crippen LogP contribution in [-0.2, 0) is 0 Å². The van der Waals surface area contributed by atoms with Gasteiger partial charge in [-0.3, -0.25) is 0 Å². The van der Waals surface area contributed by atoms with Gasteiger partial charge in [0.1, 0.15) is 5.75 Å². The van der Waals surface area contributed by atoms with Gasteiger partial charge >= 0.3 is 0 Å². The van der Waals surface area contributed by atoms with E-state index in [1.807, 2.05) is 49.4 Å². The average molecular weight is 319 g/mol. The van der Waals surface area contributed by atoms with E-state index in [0.717, 1.165) is 53.8 Å². The molecule has 0 bridgehead atoms. The van der Waals surface area contributed by atoms with Crippen LogP contribution < -0.4 is 15.4 Å². The second-order valence-electron chi connectivity index (χ2n) is 5.19. The Kier molecular flexibility index (Phi) is 6.41. The first-order valence-electron chi connectivity index (χ1n) is 7.66. The zero-order chi connectivity index (χ0) is 15.8. The first kappa shape index (κ1) is 16.5. The summed E-state index contributed by atoms with van der Waals surface area (Å²) in [6, 6.07) is 14.1. The van der Waals surface area contributed by atoms with Crippen LogP contribution in [0, 0.1) is 6.92 Å². The van der Waals surface area contributed by atoms with Crippen LogP contribution in [0.5, 0.6) is 5.75 Å². The third-order valence-electron chi connectivity index (χ3n) is 3.28. The van der Waals surface area contributed by atoms with Gasteiger partial charge in [-0.25, -0.2) is 0 Å². The number of rotatable bonds is 8. The van der Waals surface area contributed by atoms with Crippen molar-refractivity contribution in [2.24, 2.45) is 0 Å². The van der Waals surface area contributed by atoms with E-state index < -0.39 is 0 Å². The molecule has 4 heteroatoms. The van der Waals surface area contributed by atoms with Crippen LogP contribution in [0.25, 0.3) is 0 Å². The van der Waals surface area contributed by atoms with Crippen molar-refractivity contribution < 1.29 is 4.74 Å². The molecule has 0 amide bonds. The lowest BCUT2D eigenvalue weighted by Gasteiger charge is -2.10. The number of hydrogen-bond acceptors (Lipinski definition) is 3. The number of halogens is 1. The fraction of sp³-hybridized carbons (Fsp3) is 0.333. The first-order valence-corrected chi connectivity index (χ1v) is 8.03. The maximum atomic E-state index is 6.11. The van der Waals surface area contributed by atoms with Crippen molar-refractivity contribution in [1.82, 2.24) is 0 Å². The van der Waals surface area contributed by atoms with Gasteiger partial charge in [-0.15, -0.1) is 0 Å². The summed E-state index contributed by atoms with van der Waals surface area (Å²) in [5.41, 5.74) is 3.23. The van der Waals surface area contributed by atoms with E-state index in [0.29, 0.717) is 0 Å². The zero-order valence-electron chi connectivity index (χ0n) is 13.2. The molecule has 0 spiro atoms. The van der Waals surface area contributed by atoms with Crippen LogP contribution >= 0.6 is 11.6 Å². The van der Waals surface area contributed by atoms with Crippen molar-refractivity contribution >= 4 is 23.0 Å². The predicted molar refractivity (Wildman–Crippen MR) is 95.4 cm³/mol. The maximum Gasteiger partial charge on any atom is 0.119 e. The normalized spacial score (nSPS) is 10.3. The highest BCUT2D eigenvalue weighted by molar-refractivity contribution is 6.31. The van der Waals surface area contributed by atoms with Crippen LogP contribution in [0.15, 0.2) is 42.5 Å². The van der Waals surface area contributed by atoms with E-state index in [4.69, 9.17) is 16.3 Å². The number of nitrogens with one attached hydrogen (secondary N) is 2. The van der Waals surface area contributed by atoms with Gasteiger partial charge in [0.25, 0.3) is 0 Å². The van der Waals surface area contributed by atoms with Gasteiger partial charge in [0, 0.05) is 29.5 Å². The Hall–Kier alpha value is -1.87. The summed E-state index contributed by atoms with van der Waals surface area (Å²) in [4.78, 5) is 0. The summed E-state index contributed by atoms with van der Waals surface area (Å²) in [6.45, 7) is 6.52. The lowest BCUT2D eigenvalue weighted by molar-refractivity contribution is 0.317. The minimum Gasteiger partial charge on any atom is -0.494 e. The van der Waals surface area contributed by atoms with Crippen LogP contribution in [0.4, 0.5) is 11.4 Å². The molecular formula is C18H23ClN2O. The molecule has 2 aromatic carbocycles. The van der Waals surface area contributed by atoms with Crippen molar-refractivity contribution in [1.29, 1.82) is 0 Å². The van der Waals surface area contributed by atoms with Crippen LogP contribution in [0.3, 0.4) is 0 Å². The van der Waals surface area contributed by atoms with Crippen LogP contribution in [0.2, 0.25) is 5.02 Å². The van der Waals surface area contributed by atoms with Crippen molar-refractivity contribution in [3.63, 3.8) is 0 Å². The molecule has 2 N–H and O–H groups in total. The number of ether oxygens (including phenoxy) is 1. The van der Waals surface area contributed by atoms with Gasteiger partial charge in [-0.1, -0.05) is 24.6 Å². The van der Waals surface area contributed by atoms with Gasteiger partial charge in [-0.05, 0) is 55.3 Å². The molecule has 0 saturated carbocycles. The summed E-state index contributed by atoms with van der Waals surface area (Å²) in [5, 5.41) is 7.52. The molecule has 0 fully saturated rings. The molecule has 0 saturated heterocycles. The van der Waals surface area contributed by atoms with E-state index in [1.165, 1.54) is 0 Å². The fourth-order valence-corrected chi connectivity index (χ4v) is 2.19. The van der Waals surface area contributed by atoms with Crippen LogP contribution in [-0.4, -0.2) is 19.7 Å². The smallest absolute Gasteiger partial charge is 0.119 e. The summed E-state index contributed by atoms with van der Waals surface area (Å²) >= 11 is 6.11. The number of aryl methyl sites for hydroxylation is 1. The second-order valence-corrected chi connectivity index (χ2v) is 5.60. The highest BCUT2D eigenvalue weighted by Gasteiger charge is 1.98. The molecule has 0 heterocycles. The molecule has 3 nitrogen and oxygen atoms in total. The maximum absolute atomic E-state index is 6.11. The van der Waals surface area contributed by atoms with Crippen molar-refractivity contribution in [2.45, 2.75) is 20.3 Å². The van der Waals surface area contributed by atoms with Gasteiger partial charge in [0.2, 0.25) is 0 Å². The van der Waals surface area contributed by atoms with Gasteiger partial charge < -0.3 is 15.4 Å². The van der Waals surface area contributed by atoms with Gasteiger partial charge in [0.15, 0.2) is 0 Å². The quantitative estimate of drug-likeness (QED) is 0.675. The molecule has 0 radical (unpaired) electrons. The SMILES string of the molecule is CCCOc1ccc(NCCNc2ccc(C)c(Cl)c2)cc1. The van der Waals surface area contributed by atoms with E-state index in [-0.39, 0.29) is 0 Å². The minimum atomic E-state index is 0.760. The van der Waals surface area contributed by atoms with Crippen molar-refractivity contribution in [3.05, 3.63) is 53.1 Å². The standard InChI is InChI=1S/C18H23ClN2O/c1-3-12-22-17-8-6-15(7-9-17)20-10-11-21-16-5-4-14(2)18(19)13-16/h4-9,13,20-21H,3,10-12H2,1-2H3. The summed E-state index contributed by atoms with van der Waals surface area (Å²) in [6.07, 6.45) is 1.02. The minimum absolute atomic E-state index is 0.760. The number of benzene rings is 2. The Morgan fingerprint density at radius 3 is 2.23 bits per heavy atom. The summed E-state index contributed by atoms with van der Waals surface area (Å²) in [5.74, 6) is 0.917. The Bertz CT molecular complexity index is 584. The molecule has 0 unspecified atom stereocenters. The molecule has 0 atom stereocenters. The van der Waals surface area contributed by atoms with E-state index >= 15 is 0 Å². The fourth-order valence-electron chi connectivity index (χ4n) is 2.01. The Morgan fingerprint density at radius 2 is 1.59 bits per heavy atom. The molecule has 0 aliphatic carbocycles. The van der Waals surface area contributed by atoms with Gasteiger partial charge in [-0.2, -0.15) is 0 Å². The molecule has 2 aromatic rings. The summed E-state index contributed by atoms with van der Waals surface area (Å²) < 4.78 is 5.56. The number of hydrogen-bond donors (Lipinski definition) is 2. The largest absolute Gasteiger partial charge is 0.494 e. The molecule has 0 aromatic heterocycles. The highest BCUT2D eigenvalue weighted by atomic mass is 35.5. The highest BCUT2D eigenvalue weighted by Crippen LogP contribution is 2.20. The van der Waals surface area contributed by atoms with E-state index in [9.17, 15) is 0 Å². The molecule has 118 valence electrons. The van der Waals surface area contributed by atoms with Crippen molar-refractivity contribution in [2.75, 3.05) is 30.3 Å². The summed E-state index contributed by atoms with van der Waals surface area (Å²) in [7, 11) is 0. The third kappa shape index (κ3) is 5.15. The molecule has 2 rings (SSSR count). The number of anilines is 2. The molecule has 22 heavy (non-hydrogen) atoms. The topological polar surface area (TPSA) is 33.3 Å². The Morgan fingerprint density at radius 1 is 0.955 bits per heavy atom. The average Bonchev–Trinajstić information content (AvgIpc) is 2.54. The van der Waals surface area contributed by atoms with Crippen molar-refractivity contribution in [3.8, 4) is 5.75 Å². The third-order valence-corrected chi connectivity index (χ3v) is 3.69. The molecular weight excluding hydrogens is 296 g/mol. The molecule has 0 aliphatic heterocycles. The lowest BCUT2D eigenvalue weighted by Crippen LogP contribution is -2.13. The van der Waals surface area contributed by atoms with Gasteiger partial charge in [0.05, 0.1) is 6.61 Å². The Labute approximate surface area is 137 Å². The van der Waals surface area contributed by atoms with E-state index in [2.05, 4.69) is 17.6 Å². The Balaban J connectivity index is 1.73.